The number of furan rings is 3. The molecule has 0 aromatic carbocycles. The Morgan fingerprint density at radius 1 is 1.17 bits per heavy atom. The summed E-state index contributed by atoms with van der Waals surface area (Å²) in [6.45, 7) is -0.656. The Balaban J connectivity index is 1.47. The maximum atomic E-state index is 12.7. The predicted molar refractivity (Wildman–Crippen MR) is 98.5 cm³/mol. The van der Waals surface area contributed by atoms with E-state index in [0.717, 1.165) is 17.1 Å². The first kappa shape index (κ1) is 19.7. The van der Waals surface area contributed by atoms with Gasteiger partial charge in [0.1, 0.15) is 23.3 Å². The van der Waals surface area contributed by atoms with E-state index in [2.05, 4.69) is 5.10 Å². The van der Waals surface area contributed by atoms with E-state index < -0.39 is 45.4 Å². The zero-order chi connectivity index (χ0) is 21.3. The van der Waals surface area contributed by atoms with Crippen LogP contribution in [0.2, 0.25) is 0 Å². The van der Waals surface area contributed by atoms with Gasteiger partial charge in [0.15, 0.2) is 6.61 Å². The number of nitrogens with two attached hydrogens (primary N) is 1. The molecule has 3 aromatic heterocycles. The van der Waals surface area contributed by atoms with Crippen molar-refractivity contribution in [3.05, 3.63) is 66.2 Å². The van der Waals surface area contributed by atoms with Crippen molar-refractivity contribution in [1.29, 1.82) is 0 Å². The Kier molecular flexibility index (Phi) is 5.01. The second-order valence-electron chi connectivity index (χ2n) is 6.24. The first-order valence-electron chi connectivity index (χ1n) is 8.59. The largest absolute Gasteiger partial charge is 0.467 e. The van der Waals surface area contributed by atoms with E-state index in [0.29, 0.717) is 23.7 Å². The average Bonchev–Trinajstić information content (AvgIpc) is 3.48. The van der Waals surface area contributed by atoms with Crippen LogP contribution in [-0.4, -0.2) is 37.6 Å². The summed E-state index contributed by atoms with van der Waals surface area (Å²) in [7, 11) is -4.11. The SMILES string of the molecule is NS(=O)(=O)c1ccc(C(=O)OCC(=O)N2N=C(c3ccco3)CC2c2ccco2)o1. The van der Waals surface area contributed by atoms with Crippen LogP contribution in [0, 0.1) is 0 Å². The van der Waals surface area contributed by atoms with Gasteiger partial charge in [-0.3, -0.25) is 4.79 Å². The van der Waals surface area contributed by atoms with Crippen LogP contribution in [0.15, 0.2) is 72.4 Å². The highest BCUT2D eigenvalue weighted by Gasteiger charge is 2.36. The molecule has 3 aromatic rings. The zero-order valence-electron chi connectivity index (χ0n) is 15.3. The van der Waals surface area contributed by atoms with Crippen molar-refractivity contribution >= 4 is 27.6 Å². The number of nitrogens with zero attached hydrogens (tertiary/aromatic N) is 2. The maximum Gasteiger partial charge on any atom is 0.374 e. The van der Waals surface area contributed by atoms with Crippen LogP contribution in [0.1, 0.15) is 34.5 Å². The number of hydrazone groups is 1. The molecule has 1 aliphatic rings. The molecule has 0 saturated heterocycles. The van der Waals surface area contributed by atoms with E-state index >= 15 is 0 Å². The van der Waals surface area contributed by atoms with E-state index in [1.165, 1.54) is 12.5 Å². The highest BCUT2D eigenvalue weighted by molar-refractivity contribution is 7.89. The van der Waals surface area contributed by atoms with Crippen molar-refractivity contribution < 1.29 is 36.0 Å². The predicted octanol–water partition coefficient (Wildman–Crippen LogP) is 1.65. The van der Waals surface area contributed by atoms with Gasteiger partial charge in [0.2, 0.25) is 10.9 Å². The third-order valence-corrected chi connectivity index (χ3v) is 5.01. The Morgan fingerprint density at radius 2 is 1.93 bits per heavy atom. The molecule has 156 valence electrons. The van der Waals surface area contributed by atoms with E-state index in [1.807, 2.05) is 0 Å². The second-order valence-corrected chi connectivity index (χ2v) is 7.73. The molecule has 0 saturated carbocycles. The Labute approximate surface area is 169 Å². The standard InChI is InChI=1S/C18H15N3O8S/c19-30(24,25)17-6-5-15(29-17)18(23)28-10-16(22)21-12(14-4-2-8-27-14)9-11(20-21)13-3-1-7-26-13/h1-8,12H,9-10H2,(H2,19,24,25). The lowest BCUT2D eigenvalue weighted by atomic mass is 10.1. The molecule has 12 heteroatoms. The number of primary sulfonamides is 1. The van der Waals surface area contributed by atoms with Gasteiger partial charge in [0.25, 0.3) is 15.9 Å². The number of ether oxygens (including phenoxy) is 1. The van der Waals surface area contributed by atoms with Crippen molar-refractivity contribution in [2.24, 2.45) is 10.2 Å². The molecule has 0 aliphatic carbocycles. The van der Waals surface area contributed by atoms with Gasteiger partial charge in [-0.2, -0.15) is 5.10 Å². The fourth-order valence-electron chi connectivity index (χ4n) is 2.88. The number of hydrogen-bond acceptors (Lipinski definition) is 9. The molecule has 1 aliphatic heterocycles. The number of amides is 1. The lowest BCUT2D eigenvalue weighted by molar-refractivity contribution is -0.136. The van der Waals surface area contributed by atoms with E-state index in [1.54, 1.807) is 24.3 Å². The van der Waals surface area contributed by atoms with Gasteiger partial charge in [0, 0.05) is 6.42 Å². The van der Waals surface area contributed by atoms with Crippen LogP contribution < -0.4 is 5.14 Å². The Hall–Kier alpha value is -3.64. The average molecular weight is 433 g/mol. The fraction of sp³-hybridized carbons (Fsp3) is 0.167. The summed E-state index contributed by atoms with van der Waals surface area (Å²) in [6, 6.07) is 8.36. The van der Waals surface area contributed by atoms with Gasteiger partial charge < -0.3 is 18.0 Å². The fourth-order valence-corrected chi connectivity index (χ4v) is 3.35. The van der Waals surface area contributed by atoms with E-state index in [4.69, 9.17) is 23.1 Å². The van der Waals surface area contributed by atoms with Gasteiger partial charge in [-0.1, -0.05) is 0 Å². The first-order chi connectivity index (χ1) is 14.3. The molecule has 4 rings (SSSR count). The molecule has 30 heavy (non-hydrogen) atoms. The van der Waals surface area contributed by atoms with Crippen molar-refractivity contribution in [3.63, 3.8) is 0 Å². The molecule has 0 fully saturated rings. The highest BCUT2D eigenvalue weighted by atomic mass is 32.2. The number of carbonyl (C=O) groups excluding carboxylic acids is 2. The second kappa shape index (κ2) is 7.65. The topological polar surface area (TPSA) is 159 Å². The Morgan fingerprint density at radius 3 is 2.57 bits per heavy atom. The number of hydrogen-bond donors (Lipinski definition) is 1. The summed E-state index contributed by atoms with van der Waals surface area (Å²) in [6.07, 6.45) is 3.31. The molecule has 0 bridgehead atoms. The summed E-state index contributed by atoms with van der Waals surface area (Å²) in [5.74, 6) is -1.05. The van der Waals surface area contributed by atoms with Crippen molar-refractivity contribution in [2.75, 3.05) is 6.61 Å². The molecule has 11 nitrogen and oxygen atoms in total. The van der Waals surface area contributed by atoms with Gasteiger partial charge in [0.05, 0.1) is 12.5 Å². The minimum Gasteiger partial charge on any atom is -0.467 e. The van der Waals surface area contributed by atoms with Gasteiger partial charge in [-0.05, 0) is 36.4 Å². The van der Waals surface area contributed by atoms with Crippen LogP contribution in [0.3, 0.4) is 0 Å². The van der Waals surface area contributed by atoms with Crippen LogP contribution in [-0.2, 0) is 19.6 Å². The highest BCUT2D eigenvalue weighted by Crippen LogP contribution is 2.33. The smallest absolute Gasteiger partial charge is 0.374 e. The number of rotatable bonds is 6. The van der Waals surface area contributed by atoms with Crippen molar-refractivity contribution in [1.82, 2.24) is 5.01 Å². The van der Waals surface area contributed by atoms with Crippen molar-refractivity contribution in [2.45, 2.75) is 17.6 Å². The molecule has 4 heterocycles. The quantitative estimate of drug-likeness (QED) is 0.575. The summed E-state index contributed by atoms with van der Waals surface area (Å²) in [4.78, 5) is 24.8. The Bertz CT molecular complexity index is 1190. The third-order valence-electron chi connectivity index (χ3n) is 4.23. The minimum atomic E-state index is -4.11. The number of carbonyl (C=O) groups is 2. The summed E-state index contributed by atoms with van der Waals surface area (Å²) >= 11 is 0. The molecule has 1 amide bonds. The molecule has 1 atom stereocenters. The summed E-state index contributed by atoms with van der Waals surface area (Å²) < 4.78 is 43.0. The normalized spacial score (nSPS) is 16.5. The monoisotopic (exact) mass is 433 g/mol. The van der Waals surface area contributed by atoms with E-state index in [-0.39, 0.29) is 0 Å². The van der Waals surface area contributed by atoms with Gasteiger partial charge >= 0.3 is 5.97 Å². The minimum absolute atomic E-state index is 0.344. The molecule has 2 N–H and O–H groups in total. The number of sulfonamides is 1. The molecule has 0 radical (unpaired) electrons. The molecule has 1 unspecified atom stereocenters. The lowest BCUT2D eigenvalue weighted by Gasteiger charge is -2.19. The molecule has 0 spiro atoms. The van der Waals surface area contributed by atoms with E-state index in [9.17, 15) is 18.0 Å². The lowest BCUT2D eigenvalue weighted by Crippen LogP contribution is -2.31. The maximum absolute atomic E-state index is 12.7. The summed E-state index contributed by atoms with van der Waals surface area (Å²) in [5.41, 5.74) is 0.532. The van der Waals surface area contributed by atoms with Crippen LogP contribution in [0.25, 0.3) is 0 Å². The van der Waals surface area contributed by atoms with Crippen LogP contribution >= 0.6 is 0 Å². The van der Waals surface area contributed by atoms with Gasteiger partial charge in [-0.15, -0.1) is 0 Å². The number of esters is 1. The molecular weight excluding hydrogens is 418 g/mol. The summed E-state index contributed by atoms with van der Waals surface area (Å²) in [5, 5.41) is 9.78. The van der Waals surface area contributed by atoms with Gasteiger partial charge in [-0.25, -0.2) is 23.4 Å². The first-order valence-corrected chi connectivity index (χ1v) is 10.1. The van der Waals surface area contributed by atoms with Crippen molar-refractivity contribution in [3.8, 4) is 0 Å². The molecular formula is C18H15N3O8S. The third kappa shape index (κ3) is 3.90. The zero-order valence-corrected chi connectivity index (χ0v) is 16.1. The van der Waals surface area contributed by atoms with Crippen LogP contribution in [0.4, 0.5) is 0 Å². The van der Waals surface area contributed by atoms with Crippen LogP contribution in [0.5, 0.6) is 0 Å².